The van der Waals surface area contributed by atoms with Gasteiger partial charge in [0.2, 0.25) is 0 Å². The van der Waals surface area contributed by atoms with Crippen molar-refractivity contribution in [3.05, 3.63) is 92.6 Å². The smallest absolute Gasteiger partial charge is 0.276 e. The van der Waals surface area contributed by atoms with Crippen molar-refractivity contribution in [1.29, 1.82) is 0 Å². The highest BCUT2D eigenvalue weighted by atomic mass is 35.5. The van der Waals surface area contributed by atoms with Crippen molar-refractivity contribution in [2.24, 2.45) is 5.41 Å². The summed E-state index contributed by atoms with van der Waals surface area (Å²) in [5.74, 6) is 0. The van der Waals surface area contributed by atoms with Gasteiger partial charge < -0.3 is 0 Å². The van der Waals surface area contributed by atoms with Crippen LogP contribution in [0.2, 0.25) is 5.02 Å². The Kier molecular flexibility index (Phi) is 8.31. The second-order valence-corrected chi connectivity index (χ2v) is 9.79. The van der Waals surface area contributed by atoms with Crippen molar-refractivity contribution in [3.8, 4) is 5.69 Å². The first-order valence-electron chi connectivity index (χ1n) is 11.8. The predicted molar refractivity (Wildman–Crippen MR) is 135 cm³/mol. The van der Waals surface area contributed by atoms with Crippen LogP contribution in [0.5, 0.6) is 0 Å². The Bertz CT molecular complexity index is 1080. The molecule has 3 nitrogen and oxygen atoms in total. The average Bonchev–Trinajstić information content (AvgIpc) is 2.80. The van der Waals surface area contributed by atoms with E-state index < -0.39 is 0 Å². The van der Waals surface area contributed by atoms with Crippen molar-refractivity contribution in [1.82, 2.24) is 9.55 Å². The molecule has 0 aliphatic carbocycles. The highest BCUT2D eigenvalue weighted by Gasteiger charge is 2.16. The summed E-state index contributed by atoms with van der Waals surface area (Å²) in [7, 11) is 0. The Morgan fingerprint density at radius 1 is 0.969 bits per heavy atom. The molecule has 0 radical (unpaired) electrons. The molecule has 0 spiro atoms. The van der Waals surface area contributed by atoms with Gasteiger partial charge in [0, 0.05) is 23.1 Å². The zero-order valence-corrected chi connectivity index (χ0v) is 20.6. The third-order valence-corrected chi connectivity index (χ3v) is 6.83. The molecule has 1 aromatic heterocycles. The first kappa shape index (κ1) is 24.3. The molecule has 3 rings (SSSR count). The lowest BCUT2D eigenvalue weighted by Gasteiger charge is -2.23. The van der Waals surface area contributed by atoms with Gasteiger partial charge in [-0.25, -0.2) is 0 Å². The monoisotopic (exact) mass is 450 g/mol. The molecule has 0 N–H and O–H groups in total. The van der Waals surface area contributed by atoms with Crippen molar-refractivity contribution in [2.45, 2.75) is 72.6 Å². The third-order valence-electron chi connectivity index (χ3n) is 6.58. The summed E-state index contributed by atoms with van der Waals surface area (Å²) >= 11 is 5.96. The minimum atomic E-state index is -0.0227. The molecule has 1 heterocycles. The summed E-state index contributed by atoms with van der Waals surface area (Å²) in [6.07, 6.45) is 10.3. The lowest BCUT2D eigenvalue weighted by atomic mass is 9.83. The zero-order chi connectivity index (χ0) is 23.1. The van der Waals surface area contributed by atoms with E-state index in [1.807, 2.05) is 24.3 Å². The molecule has 2 aromatic carbocycles. The van der Waals surface area contributed by atoms with Crippen LogP contribution in [0, 0.1) is 5.41 Å². The maximum atomic E-state index is 13.1. The molecule has 0 unspecified atom stereocenters. The molecule has 32 heavy (non-hydrogen) atoms. The Balaban J connectivity index is 1.74. The molecule has 4 heteroatoms. The maximum Gasteiger partial charge on any atom is 0.276 e. The lowest BCUT2D eigenvalue weighted by Crippen LogP contribution is -2.23. The molecule has 170 valence electrons. The van der Waals surface area contributed by atoms with Gasteiger partial charge >= 0.3 is 0 Å². The number of halogens is 1. The van der Waals surface area contributed by atoms with Crippen LogP contribution in [0.3, 0.4) is 0 Å². The Labute approximate surface area is 197 Å². The molecule has 0 bridgehead atoms. The molecule has 0 atom stereocenters. The molecular formula is C28H35ClN2O. The second kappa shape index (κ2) is 11.0. The van der Waals surface area contributed by atoms with E-state index in [1.165, 1.54) is 29.5 Å². The Hall–Kier alpha value is -2.39. The summed E-state index contributed by atoms with van der Waals surface area (Å²) in [6.45, 7) is 9.10. The largest absolute Gasteiger partial charge is 0.281 e. The molecule has 0 aliphatic rings. The van der Waals surface area contributed by atoms with E-state index in [9.17, 15) is 4.79 Å². The van der Waals surface area contributed by atoms with Gasteiger partial charge in [-0.15, -0.1) is 0 Å². The van der Waals surface area contributed by atoms with Gasteiger partial charge in [0.05, 0.1) is 0 Å². The number of benzene rings is 2. The lowest BCUT2D eigenvalue weighted by molar-refractivity contribution is 0.322. The van der Waals surface area contributed by atoms with Crippen LogP contribution in [0.15, 0.2) is 59.7 Å². The number of rotatable bonds is 10. The summed E-state index contributed by atoms with van der Waals surface area (Å²) in [6, 6.07) is 14.3. The minimum Gasteiger partial charge on any atom is -0.281 e. The van der Waals surface area contributed by atoms with E-state index in [2.05, 4.69) is 50.9 Å². The third kappa shape index (κ3) is 6.32. The second-order valence-electron chi connectivity index (χ2n) is 9.35. The first-order chi connectivity index (χ1) is 15.3. The number of aryl methyl sites for hydroxylation is 4. The van der Waals surface area contributed by atoms with Crippen LogP contribution in [0.1, 0.15) is 69.3 Å². The van der Waals surface area contributed by atoms with Crippen LogP contribution in [-0.4, -0.2) is 9.55 Å². The van der Waals surface area contributed by atoms with Gasteiger partial charge in [-0.2, -0.15) is 0 Å². The van der Waals surface area contributed by atoms with Crippen molar-refractivity contribution < 1.29 is 0 Å². The van der Waals surface area contributed by atoms with Gasteiger partial charge in [0.1, 0.15) is 5.69 Å². The van der Waals surface area contributed by atoms with Crippen molar-refractivity contribution in [2.75, 3.05) is 0 Å². The molecule has 0 saturated carbocycles. The first-order valence-corrected chi connectivity index (χ1v) is 12.1. The fourth-order valence-electron chi connectivity index (χ4n) is 3.92. The van der Waals surface area contributed by atoms with Gasteiger partial charge in [0.15, 0.2) is 0 Å². The van der Waals surface area contributed by atoms with Crippen LogP contribution in [-0.2, 0) is 25.7 Å². The normalized spacial score (nSPS) is 11.7. The highest BCUT2D eigenvalue weighted by molar-refractivity contribution is 6.30. The molecule has 0 fully saturated rings. The molecule has 0 saturated heterocycles. The quantitative estimate of drug-likeness (QED) is 0.333. The van der Waals surface area contributed by atoms with E-state index >= 15 is 0 Å². The van der Waals surface area contributed by atoms with Gasteiger partial charge in [-0.3, -0.25) is 14.3 Å². The summed E-state index contributed by atoms with van der Waals surface area (Å²) in [4.78, 5) is 17.5. The maximum absolute atomic E-state index is 13.1. The van der Waals surface area contributed by atoms with Crippen LogP contribution in [0.4, 0.5) is 0 Å². The SMILES string of the molecule is CCc1cc(-n2ccnc(CCCc3ccc(Cl)cc3)c2=O)ccc1CCC(C)(C)CC. The predicted octanol–water partition coefficient (Wildman–Crippen LogP) is 6.99. The number of hydrogen-bond acceptors (Lipinski definition) is 2. The molecular weight excluding hydrogens is 416 g/mol. The van der Waals surface area contributed by atoms with E-state index in [0.717, 1.165) is 36.4 Å². The van der Waals surface area contributed by atoms with Gasteiger partial charge in [-0.1, -0.05) is 63.9 Å². The molecule has 3 aromatic rings. The zero-order valence-electron chi connectivity index (χ0n) is 19.8. The average molecular weight is 451 g/mol. The van der Waals surface area contributed by atoms with Crippen molar-refractivity contribution in [3.63, 3.8) is 0 Å². The van der Waals surface area contributed by atoms with E-state index in [4.69, 9.17) is 11.6 Å². The number of aromatic nitrogens is 2. The van der Waals surface area contributed by atoms with Crippen LogP contribution < -0.4 is 5.56 Å². The Morgan fingerprint density at radius 3 is 2.41 bits per heavy atom. The fraction of sp³-hybridized carbons (Fsp3) is 0.429. The van der Waals surface area contributed by atoms with E-state index in [1.54, 1.807) is 17.0 Å². The number of hydrogen-bond donors (Lipinski definition) is 0. The number of nitrogens with zero attached hydrogens (tertiary/aromatic N) is 2. The summed E-state index contributed by atoms with van der Waals surface area (Å²) in [5.41, 5.74) is 5.81. The molecule has 0 aliphatic heterocycles. The Morgan fingerprint density at radius 2 is 1.72 bits per heavy atom. The summed E-state index contributed by atoms with van der Waals surface area (Å²) < 4.78 is 1.74. The van der Waals surface area contributed by atoms with Crippen LogP contribution in [0.25, 0.3) is 5.69 Å². The van der Waals surface area contributed by atoms with E-state index in [0.29, 0.717) is 17.5 Å². The highest BCUT2D eigenvalue weighted by Crippen LogP contribution is 2.28. The fourth-order valence-corrected chi connectivity index (χ4v) is 4.05. The summed E-state index contributed by atoms with van der Waals surface area (Å²) in [5, 5.41) is 0.743. The topological polar surface area (TPSA) is 34.9 Å². The van der Waals surface area contributed by atoms with E-state index in [-0.39, 0.29) is 5.56 Å². The van der Waals surface area contributed by atoms with Gasteiger partial charge in [-0.05, 0) is 84.9 Å². The standard InChI is InChI=1S/C28H35ClN2O/c1-5-22-20-25(15-12-23(22)16-17-28(3,4)6-2)31-19-18-30-26(27(31)32)9-7-8-21-10-13-24(29)14-11-21/h10-15,18-20H,5-9,16-17H2,1-4H3. The van der Waals surface area contributed by atoms with Crippen molar-refractivity contribution >= 4 is 11.6 Å². The molecule has 0 amide bonds. The van der Waals surface area contributed by atoms with Crippen LogP contribution >= 0.6 is 11.6 Å². The minimum absolute atomic E-state index is 0.0227. The van der Waals surface area contributed by atoms with Gasteiger partial charge in [0.25, 0.3) is 5.56 Å².